The van der Waals surface area contributed by atoms with Crippen LogP contribution in [-0.4, -0.2) is 30.8 Å². The molecule has 0 aliphatic carbocycles. The number of carboxylic acids is 1. The van der Waals surface area contributed by atoms with Crippen LogP contribution in [0.25, 0.3) is 28.7 Å². The second-order valence-corrected chi connectivity index (χ2v) is 7.08. The van der Waals surface area contributed by atoms with Crippen LogP contribution in [0.15, 0.2) is 72.3 Å². The molecule has 0 aliphatic heterocycles. The molecule has 7 nitrogen and oxygen atoms in total. The maximum absolute atomic E-state index is 14.0. The van der Waals surface area contributed by atoms with Gasteiger partial charge in [-0.3, -0.25) is 4.79 Å². The molecule has 0 bridgehead atoms. The summed E-state index contributed by atoms with van der Waals surface area (Å²) < 4.78 is 29.0. The Labute approximate surface area is 186 Å². The number of carboxylic acid groups (broad SMARTS) is 1. The molecule has 0 aliphatic rings. The summed E-state index contributed by atoms with van der Waals surface area (Å²) in [6, 6.07) is 12.2. The summed E-state index contributed by atoms with van der Waals surface area (Å²) in [4.78, 5) is 31.5. The Hall–Kier alpha value is -4.53. The molecule has 1 N–H and O–H groups in total. The number of halogens is 2. The Morgan fingerprint density at radius 2 is 1.82 bits per heavy atom. The third-order valence-electron chi connectivity index (χ3n) is 4.85. The first-order valence-electron chi connectivity index (χ1n) is 9.70. The van der Waals surface area contributed by atoms with Crippen molar-refractivity contribution < 1.29 is 18.7 Å². The smallest absolute Gasteiger partial charge is 0.338 e. The van der Waals surface area contributed by atoms with Gasteiger partial charge >= 0.3 is 5.97 Å². The fourth-order valence-electron chi connectivity index (χ4n) is 3.19. The summed E-state index contributed by atoms with van der Waals surface area (Å²) in [5.41, 5.74) is 1.52. The Morgan fingerprint density at radius 3 is 2.52 bits per heavy atom. The third-order valence-corrected chi connectivity index (χ3v) is 4.85. The van der Waals surface area contributed by atoms with E-state index in [0.717, 1.165) is 6.07 Å². The van der Waals surface area contributed by atoms with Crippen LogP contribution >= 0.6 is 0 Å². The molecule has 0 radical (unpaired) electrons. The molecule has 4 rings (SSSR count). The van der Waals surface area contributed by atoms with Crippen molar-refractivity contribution in [2.75, 3.05) is 0 Å². The average molecular weight is 446 g/mol. The van der Waals surface area contributed by atoms with Crippen LogP contribution in [0.2, 0.25) is 0 Å². The minimum atomic E-state index is -1.12. The topological polar surface area (TPSA) is 98.0 Å². The van der Waals surface area contributed by atoms with E-state index in [0.29, 0.717) is 28.2 Å². The zero-order chi connectivity index (χ0) is 23.5. The molecule has 0 saturated heterocycles. The van der Waals surface area contributed by atoms with Crippen molar-refractivity contribution in [3.8, 4) is 22.6 Å². The van der Waals surface area contributed by atoms with E-state index >= 15 is 0 Å². The van der Waals surface area contributed by atoms with Crippen LogP contribution in [0.5, 0.6) is 0 Å². The normalized spacial score (nSPS) is 10.7. The molecule has 0 fully saturated rings. The number of nitrogens with zero attached hydrogens (tertiary/aromatic N) is 4. The highest BCUT2D eigenvalue weighted by Crippen LogP contribution is 2.23. The molecule has 2 heterocycles. The average Bonchev–Trinajstić information content (AvgIpc) is 2.82. The first-order chi connectivity index (χ1) is 15.9. The van der Waals surface area contributed by atoms with Crippen molar-refractivity contribution in [2.24, 2.45) is 0 Å². The summed E-state index contributed by atoms with van der Waals surface area (Å²) in [6.45, 7) is 3.58. The molecule has 2 aromatic heterocycles. The highest BCUT2D eigenvalue weighted by molar-refractivity contribution is 5.86. The maximum atomic E-state index is 14.0. The number of hydrogen-bond donors (Lipinski definition) is 1. The van der Waals surface area contributed by atoms with Gasteiger partial charge in [0, 0.05) is 35.2 Å². The van der Waals surface area contributed by atoms with Crippen molar-refractivity contribution in [1.82, 2.24) is 19.7 Å². The Morgan fingerprint density at radius 1 is 1.06 bits per heavy atom. The standard InChI is InChI=1S/C24H16F2N4O3/c1-2-15-9-17(10-19(25)22(15)26)20-6-7-21(31)30(29-20)13-14-4-3-5-16(8-14)23-27-11-18(12-28-23)24(32)33/h2-12H,1,13H2,(H,32,33). The van der Waals surface area contributed by atoms with Gasteiger partial charge in [-0.2, -0.15) is 5.10 Å². The van der Waals surface area contributed by atoms with Gasteiger partial charge in [-0.25, -0.2) is 28.2 Å². The molecule has 0 saturated carbocycles. The van der Waals surface area contributed by atoms with E-state index in [2.05, 4.69) is 21.6 Å². The number of carbonyl (C=O) groups is 1. The summed E-state index contributed by atoms with van der Waals surface area (Å²) in [5, 5.41) is 13.3. The van der Waals surface area contributed by atoms with Crippen LogP contribution in [0.4, 0.5) is 8.78 Å². The second kappa shape index (κ2) is 8.91. The van der Waals surface area contributed by atoms with Crippen molar-refractivity contribution in [2.45, 2.75) is 6.54 Å². The van der Waals surface area contributed by atoms with Crippen molar-refractivity contribution in [1.29, 1.82) is 0 Å². The summed E-state index contributed by atoms with van der Waals surface area (Å²) in [5.74, 6) is -2.84. The van der Waals surface area contributed by atoms with Crippen LogP contribution in [0.1, 0.15) is 21.5 Å². The zero-order valence-electron chi connectivity index (χ0n) is 17.1. The predicted octanol–water partition coefficient (Wildman–Crippen LogP) is 4.04. The van der Waals surface area contributed by atoms with Gasteiger partial charge in [0.2, 0.25) is 0 Å². The van der Waals surface area contributed by atoms with Gasteiger partial charge in [-0.05, 0) is 29.8 Å². The molecule has 0 unspecified atom stereocenters. The first-order valence-corrected chi connectivity index (χ1v) is 9.70. The molecule has 164 valence electrons. The fourth-order valence-corrected chi connectivity index (χ4v) is 3.19. The van der Waals surface area contributed by atoms with E-state index in [1.807, 2.05) is 0 Å². The van der Waals surface area contributed by atoms with Crippen LogP contribution in [0.3, 0.4) is 0 Å². The first kappa shape index (κ1) is 21.7. The van der Waals surface area contributed by atoms with Gasteiger partial charge in [0.15, 0.2) is 17.5 Å². The molecular weight excluding hydrogens is 430 g/mol. The highest BCUT2D eigenvalue weighted by Gasteiger charge is 2.12. The van der Waals surface area contributed by atoms with E-state index in [1.54, 1.807) is 24.3 Å². The summed E-state index contributed by atoms with van der Waals surface area (Å²) >= 11 is 0. The lowest BCUT2D eigenvalue weighted by Gasteiger charge is -2.10. The van der Waals surface area contributed by atoms with Gasteiger partial charge in [0.25, 0.3) is 5.56 Å². The minimum Gasteiger partial charge on any atom is -0.478 e. The van der Waals surface area contributed by atoms with Crippen LogP contribution < -0.4 is 5.56 Å². The lowest BCUT2D eigenvalue weighted by Crippen LogP contribution is -2.22. The molecule has 0 atom stereocenters. The van der Waals surface area contributed by atoms with E-state index in [4.69, 9.17) is 5.11 Å². The van der Waals surface area contributed by atoms with Gasteiger partial charge < -0.3 is 5.11 Å². The van der Waals surface area contributed by atoms with Gasteiger partial charge in [-0.1, -0.05) is 30.9 Å². The lowest BCUT2D eigenvalue weighted by atomic mass is 10.1. The largest absolute Gasteiger partial charge is 0.478 e. The van der Waals surface area contributed by atoms with E-state index < -0.39 is 17.6 Å². The van der Waals surface area contributed by atoms with Crippen molar-refractivity contribution in [3.63, 3.8) is 0 Å². The maximum Gasteiger partial charge on any atom is 0.338 e. The predicted molar refractivity (Wildman–Crippen MR) is 117 cm³/mol. The van der Waals surface area contributed by atoms with E-state index in [1.165, 1.54) is 41.4 Å². The van der Waals surface area contributed by atoms with Crippen LogP contribution in [-0.2, 0) is 6.54 Å². The summed E-state index contributed by atoms with van der Waals surface area (Å²) in [7, 11) is 0. The molecular formula is C24H16F2N4O3. The van der Waals surface area contributed by atoms with Crippen LogP contribution in [0, 0.1) is 11.6 Å². The number of hydrogen-bond acceptors (Lipinski definition) is 5. The molecule has 0 spiro atoms. The van der Waals surface area contributed by atoms with Crippen molar-refractivity contribution in [3.05, 3.63) is 106 Å². The molecule has 0 amide bonds. The Bertz CT molecular complexity index is 1430. The third kappa shape index (κ3) is 4.57. The monoisotopic (exact) mass is 446 g/mol. The zero-order valence-corrected chi connectivity index (χ0v) is 17.1. The Balaban J connectivity index is 1.66. The number of aromatic nitrogens is 4. The van der Waals surface area contributed by atoms with Gasteiger partial charge in [0.05, 0.1) is 17.8 Å². The van der Waals surface area contributed by atoms with Crippen molar-refractivity contribution >= 4 is 12.0 Å². The molecule has 9 heteroatoms. The quantitative estimate of drug-likeness (QED) is 0.480. The van der Waals surface area contributed by atoms with Gasteiger partial charge in [0.1, 0.15) is 0 Å². The SMILES string of the molecule is C=Cc1cc(-c2ccc(=O)n(Cc3cccc(-c4ncc(C(=O)O)cn4)c3)n2)cc(F)c1F. The van der Waals surface area contributed by atoms with E-state index in [-0.39, 0.29) is 23.2 Å². The molecule has 4 aromatic rings. The summed E-state index contributed by atoms with van der Waals surface area (Å²) in [6.07, 6.45) is 3.63. The molecule has 33 heavy (non-hydrogen) atoms. The van der Waals surface area contributed by atoms with Gasteiger partial charge in [-0.15, -0.1) is 0 Å². The minimum absolute atomic E-state index is 0.00818. The Kier molecular flexibility index (Phi) is 5.86. The number of rotatable bonds is 6. The molecule has 2 aromatic carbocycles. The highest BCUT2D eigenvalue weighted by atomic mass is 19.2. The second-order valence-electron chi connectivity index (χ2n) is 7.08. The van der Waals surface area contributed by atoms with E-state index in [9.17, 15) is 18.4 Å². The fraction of sp³-hybridized carbons (Fsp3) is 0.0417. The number of aromatic carboxylic acids is 1. The lowest BCUT2D eigenvalue weighted by molar-refractivity contribution is 0.0696. The number of benzene rings is 2.